The molecule has 1 aromatic heterocycles. The zero-order valence-corrected chi connectivity index (χ0v) is 11.9. The standard InChI is InChI=1S/C17H19NO3/c19-17-13-4-2-1-3-12(13)14-10-21-16(9-15(14)18-17)11-5-7-20-8-6-11/h1-4,11,16H,5-10H2,(H,18,19). The maximum absolute atomic E-state index is 12.2. The Hall–Kier alpha value is -1.65. The Bertz CT molecular complexity index is 716. The molecule has 110 valence electrons. The molecule has 21 heavy (non-hydrogen) atoms. The molecule has 0 radical (unpaired) electrons. The third-order valence-corrected chi connectivity index (χ3v) is 4.76. The fourth-order valence-electron chi connectivity index (χ4n) is 3.57. The van der Waals surface area contributed by atoms with Crippen LogP contribution >= 0.6 is 0 Å². The number of aromatic amines is 1. The monoisotopic (exact) mass is 285 g/mol. The average molecular weight is 285 g/mol. The largest absolute Gasteiger partial charge is 0.381 e. The van der Waals surface area contributed by atoms with Crippen LogP contribution in [0.25, 0.3) is 10.8 Å². The lowest BCUT2D eigenvalue weighted by atomic mass is 9.88. The number of fused-ring (bicyclic) bond motifs is 3. The van der Waals surface area contributed by atoms with E-state index in [2.05, 4.69) is 4.98 Å². The fourth-order valence-corrected chi connectivity index (χ4v) is 3.57. The highest BCUT2D eigenvalue weighted by molar-refractivity contribution is 5.85. The average Bonchev–Trinajstić information content (AvgIpc) is 2.55. The van der Waals surface area contributed by atoms with Gasteiger partial charge in [-0.15, -0.1) is 0 Å². The van der Waals surface area contributed by atoms with Crippen molar-refractivity contribution in [1.82, 2.24) is 4.98 Å². The molecule has 3 heterocycles. The second kappa shape index (κ2) is 5.28. The summed E-state index contributed by atoms with van der Waals surface area (Å²) in [4.78, 5) is 15.3. The third kappa shape index (κ3) is 2.28. The van der Waals surface area contributed by atoms with Gasteiger partial charge in [-0.05, 0) is 30.2 Å². The Balaban J connectivity index is 1.71. The summed E-state index contributed by atoms with van der Waals surface area (Å²) < 4.78 is 11.5. The van der Waals surface area contributed by atoms with Crippen LogP contribution in [0.1, 0.15) is 24.1 Å². The van der Waals surface area contributed by atoms with Gasteiger partial charge in [-0.1, -0.05) is 18.2 Å². The maximum Gasteiger partial charge on any atom is 0.256 e. The van der Waals surface area contributed by atoms with Crippen molar-refractivity contribution in [3.8, 4) is 0 Å². The van der Waals surface area contributed by atoms with Gasteiger partial charge in [0.15, 0.2) is 0 Å². The second-order valence-electron chi connectivity index (χ2n) is 5.96. The van der Waals surface area contributed by atoms with Gasteiger partial charge in [-0.3, -0.25) is 4.79 Å². The number of aromatic nitrogens is 1. The maximum atomic E-state index is 12.2. The highest BCUT2D eigenvalue weighted by Crippen LogP contribution is 2.31. The molecule has 1 N–H and O–H groups in total. The van der Waals surface area contributed by atoms with Crippen LogP contribution in [-0.2, 0) is 22.5 Å². The first-order chi connectivity index (χ1) is 10.3. The van der Waals surface area contributed by atoms with Crippen molar-refractivity contribution in [3.05, 3.63) is 45.9 Å². The molecular weight excluding hydrogens is 266 g/mol. The van der Waals surface area contributed by atoms with Crippen molar-refractivity contribution in [2.45, 2.75) is 32.0 Å². The summed E-state index contributed by atoms with van der Waals surface area (Å²) in [6.07, 6.45) is 3.12. The van der Waals surface area contributed by atoms with Crippen molar-refractivity contribution in [1.29, 1.82) is 0 Å². The van der Waals surface area contributed by atoms with Crippen LogP contribution in [0.15, 0.2) is 29.1 Å². The number of hydrogen-bond acceptors (Lipinski definition) is 3. The molecule has 0 saturated carbocycles. The Morgan fingerprint density at radius 3 is 2.67 bits per heavy atom. The van der Waals surface area contributed by atoms with Crippen molar-refractivity contribution in [3.63, 3.8) is 0 Å². The Morgan fingerprint density at radius 1 is 1.10 bits per heavy atom. The number of rotatable bonds is 1. The molecule has 2 aromatic rings. The van der Waals surface area contributed by atoms with E-state index in [1.807, 2.05) is 24.3 Å². The van der Waals surface area contributed by atoms with E-state index in [0.29, 0.717) is 12.5 Å². The van der Waals surface area contributed by atoms with Gasteiger partial charge in [-0.25, -0.2) is 0 Å². The van der Waals surface area contributed by atoms with Crippen LogP contribution in [0.4, 0.5) is 0 Å². The minimum absolute atomic E-state index is 0.0111. The molecule has 0 aliphatic carbocycles. The van der Waals surface area contributed by atoms with Gasteiger partial charge in [0.05, 0.1) is 12.7 Å². The molecule has 1 saturated heterocycles. The molecule has 0 spiro atoms. The van der Waals surface area contributed by atoms with Crippen molar-refractivity contribution in [2.24, 2.45) is 5.92 Å². The first kappa shape index (κ1) is 13.0. The zero-order valence-electron chi connectivity index (χ0n) is 11.9. The number of H-pyrrole nitrogens is 1. The predicted octanol–water partition coefficient (Wildman–Crippen LogP) is 2.40. The molecule has 4 rings (SSSR count). The molecule has 4 nitrogen and oxygen atoms in total. The number of nitrogens with one attached hydrogen (secondary N) is 1. The summed E-state index contributed by atoms with van der Waals surface area (Å²) >= 11 is 0. The van der Waals surface area contributed by atoms with Crippen LogP contribution in [0.5, 0.6) is 0 Å². The van der Waals surface area contributed by atoms with E-state index in [0.717, 1.165) is 54.5 Å². The Labute approximate surface area is 123 Å². The summed E-state index contributed by atoms with van der Waals surface area (Å²) in [5.74, 6) is 0.543. The number of ether oxygens (including phenoxy) is 2. The van der Waals surface area contributed by atoms with Crippen molar-refractivity contribution < 1.29 is 9.47 Å². The van der Waals surface area contributed by atoms with Crippen molar-refractivity contribution in [2.75, 3.05) is 13.2 Å². The number of pyridine rings is 1. The summed E-state index contributed by atoms with van der Waals surface area (Å²) in [6.45, 7) is 2.24. The van der Waals surface area contributed by atoms with Gasteiger partial charge in [-0.2, -0.15) is 0 Å². The van der Waals surface area contributed by atoms with Gasteiger partial charge in [0, 0.05) is 36.3 Å². The zero-order chi connectivity index (χ0) is 14.2. The number of benzene rings is 1. The molecule has 4 heteroatoms. The predicted molar refractivity (Wildman–Crippen MR) is 80.4 cm³/mol. The lowest BCUT2D eigenvalue weighted by molar-refractivity contribution is -0.0484. The molecule has 2 aliphatic rings. The van der Waals surface area contributed by atoms with Crippen LogP contribution < -0.4 is 5.56 Å². The second-order valence-corrected chi connectivity index (χ2v) is 5.96. The van der Waals surface area contributed by atoms with E-state index in [1.54, 1.807) is 0 Å². The van der Waals surface area contributed by atoms with E-state index < -0.39 is 0 Å². The van der Waals surface area contributed by atoms with E-state index in [9.17, 15) is 4.79 Å². The lowest BCUT2D eigenvalue weighted by Crippen LogP contribution is -2.35. The van der Waals surface area contributed by atoms with E-state index in [4.69, 9.17) is 9.47 Å². The molecular formula is C17H19NO3. The van der Waals surface area contributed by atoms with Gasteiger partial charge < -0.3 is 14.5 Å². The minimum atomic E-state index is 0.0111. The van der Waals surface area contributed by atoms with Gasteiger partial charge in [0.25, 0.3) is 5.56 Å². The van der Waals surface area contributed by atoms with E-state index in [1.165, 1.54) is 0 Å². The molecule has 1 fully saturated rings. The molecule has 0 bridgehead atoms. The summed E-state index contributed by atoms with van der Waals surface area (Å²) in [5.41, 5.74) is 2.21. The Kier molecular flexibility index (Phi) is 3.28. The summed E-state index contributed by atoms with van der Waals surface area (Å²) in [6, 6.07) is 7.77. The molecule has 1 unspecified atom stereocenters. The molecule has 1 atom stereocenters. The van der Waals surface area contributed by atoms with Gasteiger partial charge >= 0.3 is 0 Å². The van der Waals surface area contributed by atoms with Gasteiger partial charge in [0.1, 0.15) is 0 Å². The summed E-state index contributed by atoms with van der Waals surface area (Å²) in [5, 5.41) is 1.78. The molecule has 2 aliphatic heterocycles. The quantitative estimate of drug-likeness (QED) is 0.875. The molecule has 0 amide bonds. The lowest BCUT2D eigenvalue weighted by Gasteiger charge is -2.34. The van der Waals surface area contributed by atoms with E-state index >= 15 is 0 Å². The van der Waals surface area contributed by atoms with Crippen LogP contribution in [0, 0.1) is 5.92 Å². The topological polar surface area (TPSA) is 51.3 Å². The normalized spacial score (nSPS) is 23.1. The van der Waals surface area contributed by atoms with E-state index in [-0.39, 0.29) is 11.7 Å². The van der Waals surface area contributed by atoms with Crippen LogP contribution in [-0.4, -0.2) is 24.3 Å². The smallest absolute Gasteiger partial charge is 0.256 e. The first-order valence-electron chi connectivity index (χ1n) is 7.65. The minimum Gasteiger partial charge on any atom is -0.381 e. The highest BCUT2D eigenvalue weighted by atomic mass is 16.5. The van der Waals surface area contributed by atoms with Crippen LogP contribution in [0.3, 0.4) is 0 Å². The third-order valence-electron chi connectivity index (χ3n) is 4.76. The fraction of sp³-hybridized carbons (Fsp3) is 0.471. The molecule has 1 aromatic carbocycles. The SMILES string of the molecule is O=c1[nH]c2c(c3ccccc13)COC(C1CCOCC1)C2. The van der Waals surface area contributed by atoms with Crippen molar-refractivity contribution >= 4 is 10.8 Å². The Morgan fingerprint density at radius 2 is 1.86 bits per heavy atom. The van der Waals surface area contributed by atoms with Crippen LogP contribution in [0.2, 0.25) is 0 Å². The highest BCUT2D eigenvalue weighted by Gasteiger charge is 2.30. The number of hydrogen-bond donors (Lipinski definition) is 1. The first-order valence-corrected chi connectivity index (χ1v) is 7.65. The van der Waals surface area contributed by atoms with Gasteiger partial charge in [0.2, 0.25) is 0 Å². The summed E-state index contributed by atoms with van der Waals surface area (Å²) in [7, 11) is 0.